The molecule has 0 aromatic heterocycles. The third-order valence-corrected chi connectivity index (χ3v) is 9.11. The minimum atomic E-state index is -3.95. The molecule has 5 fully saturated rings. The van der Waals surface area contributed by atoms with Crippen molar-refractivity contribution >= 4 is 27.7 Å². The molecule has 1 heterocycles. The molecule has 5 aliphatic rings. The molecule has 1 saturated heterocycles. The average molecular weight is 457 g/mol. The molecule has 1 aliphatic heterocycles. The second-order valence-electron chi connectivity index (χ2n) is 9.50. The fourth-order valence-electron chi connectivity index (χ4n) is 6.08. The van der Waals surface area contributed by atoms with Gasteiger partial charge in [0.2, 0.25) is 0 Å². The first-order valence-corrected chi connectivity index (χ1v) is 12.5. The van der Waals surface area contributed by atoms with Crippen LogP contribution in [-0.2, 0) is 21.6 Å². The van der Waals surface area contributed by atoms with Crippen LogP contribution >= 0.6 is 11.6 Å². The van der Waals surface area contributed by atoms with Gasteiger partial charge in [-0.1, -0.05) is 11.6 Å². The van der Waals surface area contributed by atoms with Crippen LogP contribution in [0.5, 0.6) is 0 Å². The first kappa shape index (κ1) is 20.7. The Balaban J connectivity index is 1.28. The molecule has 6 rings (SSSR count). The zero-order chi connectivity index (χ0) is 21.1. The zero-order valence-corrected chi connectivity index (χ0v) is 18.3. The highest BCUT2D eigenvalue weighted by Crippen LogP contribution is 2.57. The van der Waals surface area contributed by atoms with E-state index in [1.807, 2.05) is 4.72 Å². The van der Waals surface area contributed by atoms with Crippen LogP contribution in [0.3, 0.4) is 0 Å². The molecule has 6 nitrogen and oxygen atoms in total. The summed E-state index contributed by atoms with van der Waals surface area (Å²) in [4.78, 5) is 12.3. The van der Waals surface area contributed by atoms with Gasteiger partial charge in [0.15, 0.2) is 0 Å². The molecule has 0 unspecified atom stereocenters. The summed E-state index contributed by atoms with van der Waals surface area (Å²) in [5, 5.41) is 0.202. The number of ether oxygens (including phenoxy) is 1. The number of carbonyl (C=O) groups is 1. The Hall–Kier alpha value is -1.22. The highest BCUT2D eigenvalue weighted by atomic mass is 35.5. The van der Waals surface area contributed by atoms with E-state index in [1.54, 1.807) is 0 Å². The number of benzene rings is 1. The molecule has 4 saturated carbocycles. The van der Waals surface area contributed by atoms with Gasteiger partial charge in [-0.3, -0.25) is 4.79 Å². The number of nitrogens with zero attached hydrogens (tertiary/aromatic N) is 1. The zero-order valence-electron chi connectivity index (χ0n) is 16.7. The van der Waals surface area contributed by atoms with Gasteiger partial charge < -0.3 is 4.74 Å². The Morgan fingerprint density at radius 3 is 2.30 bits per heavy atom. The van der Waals surface area contributed by atoms with Crippen LogP contribution in [0.4, 0.5) is 4.39 Å². The predicted molar refractivity (Wildman–Crippen MR) is 110 cm³/mol. The quantitative estimate of drug-likeness (QED) is 0.709. The van der Waals surface area contributed by atoms with Crippen molar-refractivity contribution in [2.24, 2.45) is 17.8 Å². The number of rotatable bonds is 6. The number of hydrogen-bond acceptors (Lipinski definition) is 4. The highest BCUT2D eigenvalue weighted by Gasteiger charge is 2.51. The van der Waals surface area contributed by atoms with Gasteiger partial charge in [-0.25, -0.2) is 9.11 Å². The molecule has 4 aliphatic carbocycles. The number of carbonyl (C=O) groups excluding carboxylic acids is 1. The fraction of sp³-hybridized carbons (Fsp3) is 0.667. The number of halogens is 2. The lowest BCUT2D eigenvalue weighted by Crippen LogP contribution is -2.51. The first-order chi connectivity index (χ1) is 14.2. The lowest BCUT2D eigenvalue weighted by Gasteiger charge is -2.56. The molecular weight excluding hydrogens is 431 g/mol. The first-order valence-electron chi connectivity index (χ1n) is 10.7. The van der Waals surface area contributed by atoms with Crippen molar-refractivity contribution < 1.29 is 22.3 Å². The number of nitrogens with one attached hydrogen (secondary N) is 1. The molecule has 9 heteroatoms. The van der Waals surface area contributed by atoms with E-state index in [0.29, 0.717) is 18.7 Å². The van der Waals surface area contributed by atoms with Gasteiger partial charge in [-0.05, 0) is 80.4 Å². The maximum atomic E-state index is 14.7. The van der Waals surface area contributed by atoms with Crippen molar-refractivity contribution in [1.29, 1.82) is 0 Å². The standard InChI is InChI=1S/C21H26ClFN2O4S/c22-18-8-17(20(26)24-30(27,28)25-2-1-3-25)19(23)7-16(18)12-29-21-9-13-4-14(10-21)6-15(5-13)11-21/h7-8,13-15H,1-6,9-12H2,(H,24,26). The van der Waals surface area contributed by atoms with E-state index in [-0.39, 0.29) is 22.8 Å². The van der Waals surface area contributed by atoms with E-state index >= 15 is 0 Å². The fourth-order valence-corrected chi connectivity index (χ4v) is 7.51. The van der Waals surface area contributed by atoms with Gasteiger partial charge >= 0.3 is 10.2 Å². The lowest BCUT2D eigenvalue weighted by molar-refractivity contribution is -0.168. The summed E-state index contributed by atoms with van der Waals surface area (Å²) in [7, 11) is -3.95. The summed E-state index contributed by atoms with van der Waals surface area (Å²) in [6, 6.07) is 2.38. The van der Waals surface area contributed by atoms with Crippen LogP contribution < -0.4 is 4.72 Å². The van der Waals surface area contributed by atoms with Crippen LogP contribution in [0.15, 0.2) is 12.1 Å². The van der Waals surface area contributed by atoms with Crippen molar-refractivity contribution in [1.82, 2.24) is 9.03 Å². The Kier molecular flexibility index (Phi) is 5.12. The van der Waals surface area contributed by atoms with Gasteiger partial charge in [-0.2, -0.15) is 12.7 Å². The number of hydrogen-bond donors (Lipinski definition) is 1. The third kappa shape index (κ3) is 3.76. The van der Waals surface area contributed by atoms with Gasteiger partial charge in [0, 0.05) is 18.1 Å². The van der Waals surface area contributed by atoms with E-state index in [4.69, 9.17) is 16.3 Å². The molecule has 30 heavy (non-hydrogen) atoms. The van der Waals surface area contributed by atoms with Crippen LogP contribution in [0.1, 0.15) is 60.9 Å². The van der Waals surface area contributed by atoms with Crippen molar-refractivity contribution in [3.05, 3.63) is 34.1 Å². The lowest BCUT2D eigenvalue weighted by atomic mass is 9.54. The maximum Gasteiger partial charge on any atom is 0.304 e. The Bertz CT molecular complexity index is 944. The summed E-state index contributed by atoms with van der Waals surface area (Å²) in [6.45, 7) is 0.898. The summed E-state index contributed by atoms with van der Waals surface area (Å²) in [5.41, 5.74) is -0.0367. The predicted octanol–water partition coefficient (Wildman–Crippen LogP) is 3.64. The number of amides is 1. The molecule has 0 spiro atoms. The third-order valence-electron chi connectivity index (χ3n) is 7.27. The van der Waals surface area contributed by atoms with Gasteiger partial charge in [0.05, 0.1) is 17.8 Å². The molecule has 1 amide bonds. The van der Waals surface area contributed by atoms with Crippen molar-refractivity contribution in [2.45, 2.75) is 57.2 Å². The Labute approximate surface area is 181 Å². The van der Waals surface area contributed by atoms with Crippen LogP contribution in [0.2, 0.25) is 5.02 Å². The van der Waals surface area contributed by atoms with E-state index in [0.717, 1.165) is 47.7 Å². The monoisotopic (exact) mass is 456 g/mol. The minimum absolute atomic E-state index is 0.129. The van der Waals surface area contributed by atoms with E-state index in [2.05, 4.69) is 0 Å². The minimum Gasteiger partial charge on any atom is -0.370 e. The summed E-state index contributed by atoms with van der Waals surface area (Å²) >= 11 is 6.32. The molecule has 1 aromatic carbocycles. The van der Waals surface area contributed by atoms with E-state index < -0.39 is 21.9 Å². The second-order valence-corrected chi connectivity index (χ2v) is 11.6. The molecule has 164 valence electrons. The smallest absolute Gasteiger partial charge is 0.304 e. The highest BCUT2D eigenvalue weighted by molar-refractivity contribution is 7.87. The van der Waals surface area contributed by atoms with Crippen molar-refractivity contribution in [3.8, 4) is 0 Å². The van der Waals surface area contributed by atoms with Gasteiger partial charge in [0.25, 0.3) is 5.91 Å². The molecule has 4 bridgehead atoms. The van der Waals surface area contributed by atoms with E-state index in [9.17, 15) is 17.6 Å². The molecule has 0 radical (unpaired) electrons. The molecule has 0 atom stereocenters. The van der Waals surface area contributed by atoms with Crippen LogP contribution in [0, 0.1) is 23.6 Å². The Morgan fingerprint density at radius 1 is 1.17 bits per heavy atom. The summed E-state index contributed by atoms with van der Waals surface area (Å²) < 4.78 is 48.2. The maximum absolute atomic E-state index is 14.7. The van der Waals surface area contributed by atoms with Crippen molar-refractivity contribution in [3.63, 3.8) is 0 Å². The molecule has 1 aromatic rings. The van der Waals surface area contributed by atoms with Crippen LogP contribution in [-0.4, -0.2) is 37.3 Å². The van der Waals surface area contributed by atoms with Crippen LogP contribution in [0.25, 0.3) is 0 Å². The molecular formula is C21H26ClFN2O4S. The van der Waals surface area contributed by atoms with Gasteiger partial charge in [0.1, 0.15) is 5.82 Å². The SMILES string of the molecule is O=C(NS(=O)(=O)N1CCC1)c1cc(Cl)c(COC23CC4CC(CC(C4)C2)C3)cc1F. The Morgan fingerprint density at radius 2 is 1.77 bits per heavy atom. The normalized spacial score (nSPS) is 32.8. The average Bonchev–Trinajstić information content (AvgIpc) is 2.58. The largest absolute Gasteiger partial charge is 0.370 e. The van der Waals surface area contributed by atoms with Gasteiger partial charge in [-0.15, -0.1) is 0 Å². The molecule has 1 N–H and O–H groups in total. The van der Waals surface area contributed by atoms with E-state index in [1.165, 1.54) is 31.4 Å². The van der Waals surface area contributed by atoms with Crippen molar-refractivity contribution in [2.75, 3.05) is 13.1 Å². The summed E-state index contributed by atoms with van der Waals surface area (Å²) in [6.07, 6.45) is 7.86. The summed E-state index contributed by atoms with van der Waals surface area (Å²) in [5.74, 6) is 0.392. The second kappa shape index (κ2) is 7.43. The topological polar surface area (TPSA) is 75.7 Å².